The van der Waals surface area contributed by atoms with Crippen LogP contribution in [0.1, 0.15) is 61.5 Å². The Morgan fingerprint density at radius 3 is 2.40 bits per heavy atom. The van der Waals surface area contributed by atoms with Gasteiger partial charge in [0.05, 0.1) is 25.5 Å². The first-order valence-corrected chi connectivity index (χ1v) is 9.84. The smallest absolute Gasteiger partial charge is 0.276 e. The molecule has 2 saturated heterocycles. The predicted molar refractivity (Wildman–Crippen MR) is 93.5 cm³/mol. The second kappa shape index (κ2) is 7.83. The molecule has 3 fully saturated rings. The second-order valence-electron chi connectivity index (χ2n) is 7.55. The number of morpholine rings is 1. The number of aromatic nitrogens is 3. The number of hydrogen-bond acceptors (Lipinski definition) is 5. The van der Waals surface area contributed by atoms with Crippen LogP contribution in [0, 0.1) is 0 Å². The average Bonchev–Trinajstić information content (AvgIpc) is 3.19. The van der Waals surface area contributed by atoms with Gasteiger partial charge in [-0.15, -0.1) is 5.10 Å². The van der Waals surface area contributed by atoms with Gasteiger partial charge in [0.1, 0.15) is 0 Å². The van der Waals surface area contributed by atoms with Crippen LogP contribution in [0.25, 0.3) is 0 Å². The van der Waals surface area contributed by atoms with E-state index >= 15 is 0 Å². The lowest BCUT2D eigenvalue weighted by Gasteiger charge is -2.39. The van der Waals surface area contributed by atoms with Crippen LogP contribution in [0.4, 0.5) is 0 Å². The Balaban J connectivity index is 1.32. The molecule has 2 aliphatic heterocycles. The van der Waals surface area contributed by atoms with Gasteiger partial charge in [-0.25, -0.2) is 4.68 Å². The van der Waals surface area contributed by atoms with Crippen LogP contribution >= 0.6 is 0 Å². The minimum absolute atomic E-state index is 0.0440. The maximum absolute atomic E-state index is 12.8. The summed E-state index contributed by atoms with van der Waals surface area (Å²) in [4.78, 5) is 17.2. The molecule has 25 heavy (non-hydrogen) atoms. The van der Waals surface area contributed by atoms with Crippen molar-refractivity contribution in [3.05, 3.63) is 11.9 Å². The summed E-state index contributed by atoms with van der Waals surface area (Å²) in [7, 11) is 0. The fourth-order valence-electron chi connectivity index (χ4n) is 4.44. The molecule has 1 aromatic rings. The molecule has 0 aromatic carbocycles. The lowest BCUT2D eigenvalue weighted by atomic mass is 9.96. The topological polar surface area (TPSA) is 63.5 Å². The van der Waals surface area contributed by atoms with Gasteiger partial charge >= 0.3 is 0 Å². The SMILES string of the molecule is O=C(c1cn(C2CCCCC2)nn1)N1CCC(N2CCOCC2)CC1. The maximum atomic E-state index is 12.8. The van der Waals surface area contributed by atoms with E-state index in [1.54, 1.807) is 0 Å². The summed E-state index contributed by atoms with van der Waals surface area (Å²) >= 11 is 0. The van der Waals surface area contributed by atoms with E-state index in [4.69, 9.17) is 4.74 Å². The number of amides is 1. The maximum Gasteiger partial charge on any atom is 0.276 e. The Kier molecular flexibility index (Phi) is 5.31. The Morgan fingerprint density at radius 1 is 0.960 bits per heavy atom. The van der Waals surface area contributed by atoms with E-state index in [1.165, 1.54) is 19.3 Å². The molecule has 4 rings (SSSR count). The highest BCUT2D eigenvalue weighted by Gasteiger charge is 2.29. The fraction of sp³-hybridized carbons (Fsp3) is 0.833. The molecular formula is C18H29N5O2. The normalized spacial score (nSPS) is 24.6. The molecule has 138 valence electrons. The molecule has 1 saturated carbocycles. The van der Waals surface area contributed by atoms with E-state index in [2.05, 4.69) is 15.2 Å². The molecule has 1 aromatic heterocycles. The first kappa shape index (κ1) is 17.0. The molecule has 1 amide bonds. The summed E-state index contributed by atoms with van der Waals surface area (Å²) in [5, 5.41) is 8.41. The molecule has 3 heterocycles. The number of rotatable bonds is 3. The average molecular weight is 347 g/mol. The molecular weight excluding hydrogens is 318 g/mol. The van der Waals surface area contributed by atoms with Crippen molar-refractivity contribution in [1.82, 2.24) is 24.8 Å². The number of piperidine rings is 1. The molecule has 0 atom stereocenters. The molecule has 1 aliphatic carbocycles. The van der Waals surface area contributed by atoms with Crippen molar-refractivity contribution >= 4 is 5.91 Å². The van der Waals surface area contributed by atoms with Crippen LogP contribution in [-0.2, 0) is 4.74 Å². The molecule has 0 unspecified atom stereocenters. The third kappa shape index (κ3) is 3.87. The summed E-state index contributed by atoms with van der Waals surface area (Å²) in [5.74, 6) is 0.0440. The predicted octanol–water partition coefficient (Wildman–Crippen LogP) is 1.72. The van der Waals surface area contributed by atoms with Gasteiger partial charge in [0.15, 0.2) is 5.69 Å². The summed E-state index contributed by atoms with van der Waals surface area (Å²) in [6.45, 7) is 5.35. The Hall–Kier alpha value is -1.47. The summed E-state index contributed by atoms with van der Waals surface area (Å²) in [6, 6.07) is 1.01. The van der Waals surface area contributed by atoms with Gasteiger partial charge in [0.2, 0.25) is 0 Å². The molecule has 3 aliphatic rings. The van der Waals surface area contributed by atoms with Crippen molar-refractivity contribution in [3.63, 3.8) is 0 Å². The number of nitrogens with zero attached hydrogens (tertiary/aromatic N) is 5. The van der Waals surface area contributed by atoms with Crippen LogP contribution in [0.3, 0.4) is 0 Å². The molecule has 0 bridgehead atoms. The molecule has 0 spiro atoms. The van der Waals surface area contributed by atoms with Crippen LogP contribution in [0.2, 0.25) is 0 Å². The van der Waals surface area contributed by atoms with Crippen LogP contribution in [0.15, 0.2) is 6.20 Å². The van der Waals surface area contributed by atoms with Gasteiger partial charge in [-0.1, -0.05) is 24.5 Å². The Labute approximate surface area is 149 Å². The lowest BCUT2D eigenvalue weighted by Crippen LogP contribution is -2.50. The first-order chi connectivity index (χ1) is 12.3. The highest BCUT2D eigenvalue weighted by Crippen LogP contribution is 2.27. The van der Waals surface area contributed by atoms with E-state index < -0.39 is 0 Å². The van der Waals surface area contributed by atoms with Crippen LogP contribution in [0.5, 0.6) is 0 Å². The third-order valence-corrected chi connectivity index (χ3v) is 5.99. The van der Waals surface area contributed by atoms with Gasteiger partial charge in [-0.2, -0.15) is 0 Å². The Bertz CT molecular complexity index is 570. The van der Waals surface area contributed by atoms with Crippen LogP contribution < -0.4 is 0 Å². The standard InChI is InChI=1S/C18H29N5O2/c24-18(17-14-23(20-19-17)16-4-2-1-3-5-16)22-8-6-15(7-9-22)21-10-12-25-13-11-21/h14-16H,1-13H2. The van der Waals surface area contributed by atoms with Crippen LogP contribution in [-0.4, -0.2) is 76.1 Å². The third-order valence-electron chi connectivity index (χ3n) is 5.99. The zero-order chi connectivity index (χ0) is 17.1. The van der Waals surface area contributed by atoms with Gasteiger partial charge < -0.3 is 9.64 Å². The zero-order valence-electron chi connectivity index (χ0n) is 15.0. The lowest BCUT2D eigenvalue weighted by molar-refractivity contribution is 0.00152. The van der Waals surface area contributed by atoms with Gasteiger partial charge in [-0.3, -0.25) is 9.69 Å². The quantitative estimate of drug-likeness (QED) is 0.833. The van der Waals surface area contributed by atoms with E-state index in [0.29, 0.717) is 17.8 Å². The second-order valence-corrected chi connectivity index (χ2v) is 7.55. The summed E-state index contributed by atoms with van der Waals surface area (Å²) < 4.78 is 7.36. The van der Waals surface area contributed by atoms with E-state index in [0.717, 1.165) is 65.1 Å². The highest BCUT2D eigenvalue weighted by atomic mass is 16.5. The van der Waals surface area contributed by atoms with Crippen molar-refractivity contribution in [3.8, 4) is 0 Å². The largest absolute Gasteiger partial charge is 0.379 e. The summed E-state index contributed by atoms with van der Waals surface area (Å²) in [6.07, 6.45) is 10.1. The minimum atomic E-state index is 0.0440. The fourth-order valence-corrected chi connectivity index (χ4v) is 4.44. The summed E-state index contributed by atoms with van der Waals surface area (Å²) in [5.41, 5.74) is 0.510. The van der Waals surface area contributed by atoms with Crippen molar-refractivity contribution < 1.29 is 9.53 Å². The van der Waals surface area contributed by atoms with Gasteiger partial charge in [0.25, 0.3) is 5.91 Å². The number of likely N-dealkylation sites (tertiary alicyclic amines) is 1. The van der Waals surface area contributed by atoms with E-state index in [9.17, 15) is 4.79 Å². The monoisotopic (exact) mass is 347 g/mol. The number of carbonyl (C=O) groups excluding carboxylic acids is 1. The molecule has 0 N–H and O–H groups in total. The van der Waals surface area contributed by atoms with Crippen molar-refractivity contribution in [2.24, 2.45) is 0 Å². The van der Waals surface area contributed by atoms with Crippen molar-refractivity contribution in [2.45, 2.75) is 57.0 Å². The Morgan fingerprint density at radius 2 is 1.68 bits per heavy atom. The molecule has 7 heteroatoms. The number of ether oxygens (including phenoxy) is 1. The number of hydrogen-bond donors (Lipinski definition) is 0. The minimum Gasteiger partial charge on any atom is -0.379 e. The van der Waals surface area contributed by atoms with Gasteiger partial charge in [0, 0.05) is 32.2 Å². The van der Waals surface area contributed by atoms with E-state index in [-0.39, 0.29) is 5.91 Å². The van der Waals surface area contributed by atoms with Crippen molar-refractivity contribution in [2.75, 3.05) is 39.4 Å². The van der Waals surface area contributed by atoms with Crippen molar-refractivity contribution in [1.29, 1.82) is 0 Å². The molecule has 7 nitrogen and oxygen atoms in total. The van der Waals surface area contributed by atoms with E-state index in [1.807, 2.05) is 15.8 Å². The first-order valence-electron chi connectivity index (χ1n) is 9.84. The zero-order valence-corrected chi connectivity index (χ0v) is 15.0. The van der Waals surface area contributed by atoms with Gasteiger partial charge in [-0.05, 0) is 25.7 Å². The molecule has 0 radical (unpaired) electrons. The highest BCUT2D eigenvalue weighted by molar-refractivity contribution is 5.92. The number of carbonyl (C=O) groups is 1.